The van der Waals surface area contributed by atoms with Crippen molar-refractivity contribution in [1.29, 1.82) is 0 Å². The van der Waals surface area contributed by atoms with Crippen molar-refractivity contribution in [3.8, 4) is 0 Å². The number of hydrogen-bond donors (Lipinski definition) is 1. The van der Waals surface area contributed by atoms with E-state index < -0.39 is 0 Å². The van der Waals surface area contributed by atoms with E-state index >= 15 is 0 Å². The molecule has 1 aliphatic carbocycles. The van der Waals surface area contributed by atoms with E-state index in [1.54, 1.807) is 0 Å². The van der Waals surface area contributed by atoms with Gasteiger partial charge in [0, 0.05) is 26.2 Å². The van der Waals surface area contributed by atoms with Gasteiger partial charge in [0.15, 0.2) is 0 Å². The SMILES string of the molecule is CCc1nn(C)c(CN2CCCNC(C3CC3)C2)c1Cl. The van der Waals surface area contributed by atoms with Crippen molar-refractivity contribution in [1.82, 2.24) is 20.0 Å². The van der Waals surface area contributed by atoms with Crippen LogP contribution in [-0.2, 0) is 20.0 Å². The van der Waals surface area contributed by atoms with Crippen LogP contribution >= 0.6 is 11.6 Å². The maximum Gasteiger partial charge on any atom is 0.0863 e. The van der Waals surface area contributed by atoms with Crippen LogP contribution in [0.3, 0.4) is 0 Å². The van der Waals surface area contributed by atoms with Gasteiger partial charge >= 0.3 is 0 Å². The van der Waals surface area contributed by atoms with Crippen molar-refractivity contribution in [3.05, 3.63) is 16.4 Å². The number of hydrogen-bond acceptors (Lipinski definition) is 3. The van der Waals surface area contributed by atoms with Crippen molar-refractivity contribution < 1.29 is 0 Å². The Balaban J connectivity index is 1.70. The molecule has 0 aromatic carbocycles. The summed E-state index contributed by atoms with van der Waals surface area (Å²) in [4.78, 5) is 2.55. The standard InChI is InChI=1S/C15H25ClN4/c1-3-12-15(16)14(19(2)18-12)10-20-8-4-7-17-13(9-20)11-5-6-11/h11,13,17H,3-10H2,1-2H3. The fraction of sp³-hybridized carbons (Fsp3) is 0.800. The summed E-state index contributed by atoms with van der Waals surface area (Å²) in [7, 11) is 2.01. The van der Waals surface area contributed by atoms with Crippen LogP contribution in [-0.4, -0.2) is 40.4 Å². The Kier molecular flexibility index (Phi) is 4.34. The Hall–Kier alpha value is -0.580. The van der Waals surface area contributed by atoms with Gasteiger partial charge in [-0.15, -0.1) is 0 Å². The Morgan fingerprint density at radius 3 is 2.85 bits per heavy atom. The molecule has 1 saturated heterocycles. The summed E-state index contributed by atoms with van der Waals surface area (Å²) in [5, 5.41) is 9.10. The molecule has 2 aliphatic rings. The van der Waals surface area contributed by atoms with Crippen LogP contribution in [0.2, 0.25) is 5.02 Å². The zero-order valence-electron chi connectivity index (χ0n) is 12.5. The number of nitrogens with zero attached hydrogens (tertiary/aromatic N) is 3. The smallest absolute Gasteiger partial charge is 0.0863 e. The summed E-state index contributed by atoms with van der Waals surface area (Å²) in [5.41, 5.74) is 2.19. The van der Waals surface area contributed by atoms with Gasteiger partial charge in [-0.1, -0.05) is 18.5 Å². The predicted molar refractivity (Wildman–Crippen MR) is 82.0 cm³/mol. The summed E-state index contributed by atoms with van der Waals surface area (Å²) in [6.45, 7) is 6.48. The van der Waals surface area contributed by atoms with Gasteiger partial charge in [-0.3, -0.25) is 9.58 Å². The van der Waals surface area contributed by atoms with Gasteiger partial charge in [0.05, 0.1) is 16.4 Å². The van der Waals surface area contributed by atoms with E-state index in [2.05, 4.69) is 22.2 Å². The van der Waals surface area contributed by atoms with Crippen molar-refractivity contribution in [3.63, 3.8) is 0 Å². The van der Waals surface area contributed by atoms with Crippen LogP contribution in [0.5, 0.6) is 0 Å². The first-order chi connectivity index (χ1) is 9.69. The Labute approximate surface area is 126 Å². The Bertz CT molecular complexity index is 467. The third-order valence-electron chi connectivity index (χ3n) is 4.58. The molecule has 1 aliphatic heterocycles. The highest BCUT2D eigenvalue weighted by Crippen LogP contribution is 2.34. The van der Waals surface area contributed by atoms with Gasteiger partial charge in [0.25, 0.3) is 0 Å². The lowest BCUT2D eigenvalue weighted by molar-refractivity contribution is 0.245. The summed E-state index contributed by atoms with van der Waals surface area (Å²) in [6.07, 6.45) is 4.92. The molecular weight excluding hydrogens is 272 g/mol. The normalized spacial score (nSPS) is 24.9. The minimum Gasteiger partial charge on any atom is -0.312 e. The van der Waals surface area contributed by atoms with E-state index in [1.165, 1.54) is 25.0 Å². The number of halogens is 1. The van der Waals surface area contributed by atoms with Gasteiger partial charge in [-0.2, -0.15) is 5.10 Å². The molecule has 0 amide bonds. The highest BCUT2D eigenvalue weighted by Gasteiger charge is 2.33. The second kappa shape index (κ2) is 6.04. The minimum atomic E-state index is 0.676. The quantitative estimate of drug-likeness (QED) is 0.925. The molecule has 1 atom stereocenters. The van der Waals surface area contributed by atoms with Crippen LogP contribution in [0.25, 0.3) is 0 Å². The molecule has 1 unspecified atom stereocenters. The molecule has 4 nitrogen and oxygen atoms in total. The molecule has 112 valence electrons. The second-order valence-electron chi connectivity index (χ2n) is 6.17. The van der Waals surface area contributed by atoms with Crippen LogP contribution in [0.4, 0.5) is 0 Å². The third kappa shape index (κ3) is 3.02. The Morgan fingerprint density at radius 1 is 1.40 bits per heavy atom. The molecule has 1 N–H and O–H groups in total. The first-order valence-electron chi connectivity index (χ1n) is 7.85. The zero-order valence-corrected chi connectivity index (χ0v) is 13.3. The lowest BCUT2D eigenvalue weighted by Crippen LogP contribution is -2.39. The maximum atomic E-state index is 6.48. The molecule has 0 spiro atoms. The fourth-order valence-corrected chi connectivity index (χ4v) is 3.54. The third-order valence-corrected chi connectivity index (χ3v) is 5.02. The molecule has 1 saturated carbocycles. The molecule has 2 heterocycles. The maximum absolute atomic E-state index is 6.48. The van der Waals surface area contributed by atoms with E-state index in [0.717, 1.165) is 49.2 Å². The topological polar surface area (TPSA) is 33.1 Å². The summed E-state index contributed by atoms with van der Waals surface area (Å²) < 4.78 is 1.96. The van der Waals surface area contributed by atoms with Crippen molar-refractivity contribution in [2.45, 2.75) is 45.2 Å². The van der Waals surface area contributed by atoms with Gasteiger partial charge in [0.1, 0.15) is 0 Å². The number of rotatable bonds is 4. The van der Waals surface area contributed by atoms with Crippen LogP contribution in [0.15, 0.2) is 0 Å². The van der Waals surface area contributed by atoms with E-state index in [-0.39, 0.29) is 0 Å². The second-order valence-corrected chi connectivity index (χ2v) is 6.55. The average Bonchev–Trinajstić information content (AvgIpc) is 3.23. The molecule has 2 fully saturated rings. The monoisotopic (exact) mass is 296 g/mol. The van der Waals surface area contributed by atoms with Crippen LogP contribution in [0.1, 0.15) is 37.6 Å². The zero-order chi connectivity index (χ0) is 14.1. The molecule has 0 bridgehead atoms. The van der Waals surface area contributed by atoms with Crippen molar-refractivity contribution in [2.24, 2.45) is 13.0 Å². The minimum absolute atomic E-state index is 0.676. The number of aromatic nitrogens is 2. The first kappa shape index (κ1) is 14.4. The molecule has 1 aromatic rings. The van der Waals surface area contributed by atoms with E-state index in [4.69, 9.17) is 11.6 Å². The van der Waals surface area contributed by atoms with E-state index in [0.29, 0.717) is 6.04 Å². The first-order valence-corrected chi connectivity index (χ1v) is 8.22. The van der Waals surface area contributed by atoms with E-state index in [9.17, 15) is 0 Å². The highest BCUT2D eigenvalue weighted by atomic mass is 35.5. The van der Waals surface area contributed by atoms with Gasteiger partial charge in [-0.05, 0) is 44.7 Å². The predicted octanol–water partition coefficient (Wildman–Crippen LogP) is 2.21. The largest absolute Gasteiger partial charge is 0.312 e. The summed E-state index contributed by atoms with van der Waals surface area (Å²) in [6, 6.07) is 0.676. The highest BCUT2D eigenvalue weighted by molar-refractivity contribution is 6.31. The number of aryl methyl sites for hydroxylation is 2. The molecule has 3 rings (SSSR count). The average molecular weight is 297 g/mol. The van der Waals surface area contributed by atoms with E-state index in [1.807, 2.05) is 11.7 Å². The van der Waals surface area contributed by atoms with Gasteiger partial charge in [-0.25, -0.2) is 0 Å². The molecule has 0 radical (unpaired) electrons. The van der Waals surface area contributed by atoms with Crippen molar-refractivity contribution >= 4 is 11.6 Å². The van der Waals surface area contributed by atoms with Gasteiger partial charge in [0.2, 0.25) is 0 Å². The van der Waals surface area contributed by atoms with Crippen LogP contribution in [0, 0.1) is 5.92 Å². The molecular formula is C15H25ClN4. The van der Waals surface area contributed by atoms with Crippen LogP contribution < -0.4 is 5.32 Å². The molecule has 1 aromatic heterocycles. The van der Waals surface area contributed by atoms with Gasteiger partial charge < -0.3 is 5.32 Å². The summed E-state index contributed by atoms with van der Waals surface area (Å²) >= 11 is 6.48. The lowest BCUT2D eigenvalue weighted by Gasteiger charge is -2.24. The van der Waals surface area contributed by atoms with Crippen molar-refractivity contribution in [2.75, 3.05) is 19.6 Å². The molecule has 20 heavy (non-hydrogen) atoms. The Morgan fingerprint density at radius 2 is 2.20 bits per heavy atom. The number of nitrogens with one attached hydrogen (secondary N) is 1. The lowest BCUT2D eigenvalue weighted by atomic mass is 10.1. The molecule has 5 heteroatoms. The fourth-order valence-electron chi connectivity index (χ4n) is 3.19. The summed E-state index contributed by atoms with van der Waals surface area (Å²) in [5.74, 6) is 0.906.